The van der Waals surface area contributed by atoms with Crippen molar-refractivity contribution < 1.29 is 0 Å². The molecule has 0 spiro atoms. The maximum Gasteiger partial charge on any atom is 0.0410 e. The molecule has 1 heterocycles. The molecule has 15 heavy (non-hydrogen) atoms. The number of hydrogen-bond donors (Lipinski definition) is 0. The number of aryl methyl sites for hydroxylation is 3. The Hall–Kier alpha value is -0.850. The molecule has 1 aliphatic rings. The van der Waals surface area contributed by atoms with E-state index in [1.54, 1.807) is 11.1 Å². The fourth-order valence-electron chi connectivity index (χ4n) is 2.50. The number of unbranched alkanes of at least 4 members (excludes halogenated alkanes) is 1. The quantitative estimate of drug-likeness (QED) is 0.731. The van der Waals surface area contributed by atoms with Crippen molar-refractivity contribution in [2.45, 2.75) is 58.8 Å². The van der Waals surface area contributed by atoms with Gasteiger partial charge in [0.05, 0.1) is 0 Å². The maximum atomic E-state index is 4.72. The molecule has 0 saturated carbocycles. The van der Waals surface area contributed by atoms with Crippen LogP contribution in [-0.4, -0.2) is 4.98 Å². The zero-order chi connectivity index (χ0) is 10.7. The SMILES string of the molecule is CCCCc1cc2c(c(C)n1)CCCC2. The molecule has 1 aliphatic carbocycles. The fraction of sp³-hybridized carbons (Fsp3) is 0.643. The lowest BCUT2D eigenvalue weighted by atomic mass is 9.90. The third kappa shape index (κ3) is 2.39. The normalized spacial score (nSPS) is 15.1. The maximum absolute atomic E-state index is 4.72. The smallest absolute Gasteiger partial charge is 0.0410 e. The minimum Gasteiger partial charge on any atom is -0.258 e. The average molecular weight is 203 g/mol. The van der Waals surface area contributed by atoms with E-state index in [4.69, 9.17) is 4.98 Å². The van der Waals surface area contributed by atoms with Gasteiger partial charge in [-0.1, -0.05) is 13.3 Å². The molecule has 0 atom stereocenters. The van der Waals surface area contributed by atoms with E-state index in [2.05, 4.69) is 19.9 Å². The predicted octanol–water partition coefficient (Wildman–Crippen LogP) is 3.61. The Morgan fingerprint density at radius 2 is 2.07 bits per heavy atom. The van der Waals surface area contributed by atoms with E-state index < -0.39 is 0 Å². The lowest BCUT2D eigenvalue weighted by molar-refractivity contribution is 0.670. The second kappa shape index (κ2) is 4.78. The van der Waals surface area contributed by atoms with E-state index in [1.807, 2.05) is 0 Å². The van der Waals surface area contributed by atoms with Gasteiger partial charge in [0, 0.05) is 11.4 Å². The van der Waals surface area contributed by atoms with Crippen LogP contribution in [-0.2, 0) is 19.3 Å². The van der Waals surface area contributed by atoms with Gasteiger partial charge in [-0.3, -0.25) is 4.98 Å². The van der Waals surface area contributed by atoms with Crippen LogP contribution in [0.4, 0.5) is 0 Å². The molecular weight excluding hydrogens is 182 g/mol. The van der Waals surface area contributed by atoms with E-state index in [0.717, 1.165) is 6.42 Å². The Bertz CT molecular complexity index is 341. The first-order valence-electron chi connectivity index (χ1n) is 6.29. The molecule has 2 rings (SSSR count). The number of hydrogen-bond acceptors (Lipinski definition) is 1. The molecular formula is C14H21N. The largest absolute Gasteiger partial charge is 0.258 e. The lowest BCUT2D eigenvalue weighted by Crippen LogP contribution is -2.08. The van der Waals surface area contributed by atoms with Crippen molar-refractivity contribution in [3.05, 3.63) is 28.6 Å². The summed E-state index contributed by atoms with van der Waals surface area (Å²) in [6.45, 7) is 4.42. The molecule has 82 valence electrons. The summed E-state index contributed by atoms with van der Waals surface area (Å²) >= 11 is 0. The summed E-state index contributed by atoms with van der Waals surface area (Å²) in [5, 5.41) is 0. The van der Waals surface area contributed by atoms with Crippen LogP contribution in [0.1, 0.15) is 55.1 Å². The first-order chi connectivity index (χ1) is 7.31. The Balaban J connectivity index is 2.24. The van der Waals surface area contributed by atoms with Crippen molar-refractivity contribution in [3.63, 3.8) is 0 Å². The number of nitrogens with zero attached hydrogens (tertiary/aromatic N) is 1. The second-order valence-electron chi connectivity index (χ2n) is 4.65. The van der Waals surface area contributed by atoms with Gasteiger partial charge in [-0.05, 0) is 62.6 Å². The van der Waals surface area contributed by atoms with Crippen LogP contribution in [0.25, 0.3) is 0 Å². The van der Waals surface area contributed by atoms with Gasteiger partial charge in [-0.25, -0.2) is 0 Å². The Kier molecular flexibility index (Phi) is 3.40. The van der Waals surface area contributed by atoms with E-state index >= 15 is 0 Å². The van der Waals surface area contributed by atoms with Gasteiger partial charge in [-0.15, -0.1) is 0 Å². The van der Waals surface area contributed by atoms with Crippen molar-refractivity contribution >= 4 is 0 Å². The molecule has 0 saturated heterocycles. The van der Waals surface area contributed by atoms with Crippen LogP contribution in [0.2, 0.25) is 0 Å². The van der Waals surface area contributed by atoms with Crippen molar-refractivity contribution in [3.8, 4) is 0 Å². The average Bonchev–Trinajstić information content (AvgIpc) is 2.26. The van der Waals surface area contributed by atoms with E-state index in [1.165, 1.54) is 49.9 Å². The third-order valence-electron chi connectivity index (χ3n) is 3.39. The predicted molar refractivity (Wildman–Crippen MR) is 64.2 cm³/mol. The number of pyridine rings is 1. The molecule has 0 radical (unpaired) electrons. The molecule has 0 unspecified atom stereocenters. The van der Waals surface area contributed by atoms with Crippen LogP contribution >= 0.6 is 0 Å². The van der Waals surface area contributed by atoms with Gasteiger partial charge in [0.1, 0.15) is 0 Å². The minimum atomic E-state index is 1.16. The lowest BCUT2D eigenvalue weighted by Gasteiger charge is -2.18. The van der Waals surface area contributed by atoms with Crippen molar-refractivity contribution in [2.75, 3.05) is 0 Å². The highest BCUT2D eigenvalue weighted by atomic mass is 14.7. The standard InChI is InChI=1S/C14H21N/c1-3-4-8-13-10-12-7-5-6-9-14(12)11(2)15-13/h10H,3-9H2,1-2H3. The second-order valence-corrected chi connectivity index (χ2v) is 4.65. The highest BCUT2D eigenvalue weighted by Gasteiger charge is 2.13. The topological polar surface area (TPSA) is 12.9 Å². The highest BCUT2D eigenvalue weighted by molar-refractivity contribution is 5.34. The summed E-state index contributed by atoms with van der Waals surface area (Å²) in [5.74, 6) is 0. The van der Waals surface area contributed by atoms with E-state index in [9.17, 15) is 0 Å². The van der Waals surface area contributed by atoms with Gasteiger partial charge in [-0.2, -0.15) is 0 Å². The summed E-state index contributed by atoms with van der Waals surface area (Å²) in [6, 6.07) is 2.36. The molecule has 0 N–H and O–H groups in total. The van der Waals surface area contributed by atoms with Crippen LogP contribution in [0.3, 0.4) is 0 Å². The number of rotatable bonds is 3. The monoisotopic (exact) mass is 203 g/mol. The van der Waals surface area contributed by atoms with Crippen LogP contribution < -0.4 is 0 Å². The summed E-state index contributed by atoms with van der Waals surface area (Å²) in [5.41, 5.74) is 5.73. The first kappa shape index (κ1) is 10.7. The fourth-order valence-corrected chi connectivity index (χ4v) is 2.50. The van der Waals surface area contributed by atoms with Crippen LogP contribution in [0.15, 0.2) is 6.07 Å². The highest BCUT2D eigenvalue weighted by Crippen LogP contribution is 2.24. The van der Waals surface area contributed by atoms with Gasteiger partial charge in [0.25, 0.3) is 0 Å². The van der Waals surface area contributed by atoms with E-state index in [0.29, 0.717) is 0 Å². The molecule has 0 aliphatic heterocycles. The van der Waals surface area contributed by atoms with Crippen molar-refractivity contribution in [1.29, 1.82) is 0 Å². The molecule has 0 aromatic carbocycles. The van der Waals surface area contributed by atoms with Crippen LogP contribution in [0.5, 0.6) is 0 Å². The third-order valence-corrected chi connectivity index (χ3v) is 3.39. The molecule has 1 heteroatoms. The Morgan fingerprint density at radius 1 is 1.27 bits per heavy atom. The zero-order valence-corrected chi connectivity index (χ0v) is 9.97. The summed E-state index contributed by atoms with van der Waals surface area (Å²) in [6.07, 6.45) is 8.93. The van der Waals surface area contributed by atoms with Crippen LogP contribution in [0, 0.1) is 6.92 Å². The molecule has 1 aromatic rings. The first-order valence-corrected chi connectivity index (χ1v) is 6.29. The van der Waals surface area contributed by atoms with E-state index in [-0.39, 0.29) is 0 Å². The van der Waals surface area contributed by atoms with Gasteiger partial charge in [0.15, 0.2) is 0 Å². The zero-order valence-electron chi connectivity index (χ0n) is 9.97. The molecule has 0 amide bonds. The minimum absolute atomic E-state index is 1.16. The summed E-state index contributed by atoms with van der Waals surface area (Å²) < 4.78 is 0. The van der Waals surface area contributed by atoms with Crippen molar-refractivity contribution in [1.82, 2.24) is 4.98 Å². The Labute approximate surface area is 92.9 Å². The number of fused-ring (bicyclic) bond motifs is 1. The summed E-state index contributed by atoms with van der Waals surface area (Å²) in [4.78, 5) is 4.72. The van der Waals surface area contributed by atoms with Gasteiger partial charge in [0.2, 0.25) is 0 Å². The molecule has 0 bridgehead atoms. The molecule has 1 nitrogen and oxygen atoms in total. The number of aromatic nitrogens is 1. The summed E-state index contributed by atoms with van der Waals surface area (Å²) in [7, 11) is 0. The van der Waals surface area contributed by atoms with Crippen molar-refractivity contribution in [2.24, 2.45) is 0 Å². The van der Waals surface area contributed by atoms with Gasteiger partial charge >= 0.3 is 0 Å². The Morgan fingerprint density at radius 3 is 2.87 bits per heavy atom. The molecule has 0 fully saturated rings. The van der Waals surface area contributed by atoms with Gasteiger partial charge < -0.3 is 0 Å². The molecule has 1 aromatic heterocycles.